The number of rotatable bonds is 6. The average molecular weight is 383 g/mol. The highest BCUT2D eigenvalue weighted by atomic mass is 19.1. The van der Waals surface area contributed by atoms with Crippen LogP contribution in [0, 0.1) is 22.9 Å². The van der Waals surface area contributed by atoms with Crippen molar-refractivity contribution >= 4 is 29.0 Å². The molecule has 0 saturated carbocycles. The van der Waals surface area contributed by atoms with Gasteiger partial charge in [0.25, 0.3) is 5.91 Å². The van der Waals surface area contributed by atoms with Crippen LogP contribution in [0.25, 0.3) is 0 Å². The van der Waals surface area contributed by atoms with E-state index in [9.17, 15) is 19.3 Å². The number of aromatic nitrogens is 3. The molecule has 28 heavy (non-hydrogen) atoms. The van der Waals surface area contributed by atoms with Gasteiger partial charge >= 0.3 is 5.69 Å². The molecule has 0 bridgehead atoms. The molecule has 0 fully saturated rings. The summed E-state index contributed by atoms with van der Waals surface area (Å²) in [6.07, 6.45) is 2.60. The third-order valence-corrected chi connectivity index (χ3v) is 3.66. The lowest BCUT2D eigenvalue weighted by Crippen LogP contribution is -2.31. The van der Waals surface area contributed by atoms with Crippen molar-refractivity contribution in [3.05, 3.63) is 76.0 Å². The van der Waals surface area contributed by atoms with Crippen LogP contribution < -0.4 is 16.2 Å². The minimum absolute atomic E-state index is 0.121. The normalized spacial score (nSPS) is 10.2. The van der Waals surface area contributed by atoms with Gasteiger partial charge in [0.05, 0.1) is 10.5 Å². The summed E-state index contributed by atoms with van der Waals surface area (Å²) in [6, 6.07) is 8.82. The highest BCUT2D eigenvalue weighted by Gasteiger charge is 2.24. The fourth-order valence-electron chi connectivity index (χ4n) is 2.29. The highest BCUT2D eigenvalue weighted by molar-refractivity contribution is 5.95. The number of amides is 1. The quantitative estimate of drug-likeness (QED) is 0.437. The summed E-state index contributed by atoms with van der Waals surface area (Å²) >= 11 is 0. The second kappa shape index (κ2) is 8.03. The van der Waals surface area contributed by atoms with E-state index in [0.29, 0.717) is 5.82 Å². The van der Waals surface area contributed by atoms with Crippen molar-refractivity contribution in [1.29, 1.82) is 0 Å². The molecule has 10 nitrogen and oxygen atoms in total. The standard InChI is InChI=1S/C17H14FN7O3/c1-10-5-4-8-19-14(10)22-15-13(25(27)28)16(21-9-20-15)23-24-17(26)11-6-2-3-7-12(11)18/h2-9H,1H3,(H,24,26)(H2,19,20,21,22,23). The van der Waals surface area contributed by atoms with Gasteiger partial charge in [0.1, 0.15) is 18.0 Å². The van der Waals surface area contributed by atoms with Crippen LogP contribution in [0.3, 0.4) is 0 Å². The number of nitrogens with one attached hydrogen (secondary N) is 3. The van der Waals surface area contributed by atoms with Crippen LogP contribution in [-0.4, -0.2) is 25.8 Å². The molecule has 3 rings (SSSR count). The SMILES string of the molecule is Cc1cccnc1Nc1ncnc(NNC(=O)c2ccccc2F)c1[N+](=O)[O-]. The molecule has 0 spiro atoms. The van der Waals surface area contributed by atoms with E-state index in [1.54, 1.807) is 19.1 Å². The zero-order valence-corrected chi connectivity index (χ0v) is 14.5. The van der Waals surface area contributed by atoms with Crippen molar-refractivity contribution in [1.82, 2.24) is 20.4 Å². The molecule has 1 aromatic carbocycles. The first-order valence-corrected chi connectivity index (χ1v) is 7.96. The topological polar surface area (TPSA) is 135 Å². The number of aryl methyl sites for hydroxylation is 1. The van der Waals surface area contributed by atoms with Gasteiger partial charge in [0.2, 0.25) is 11.6 Å². The van der Waals surface area contributed by atoms with Gasteiger partial charge < -0.3 is 5.32 Å². The highest BCUT2D eigenvalue weighted by Crippen LogP contribution is 2.30. The number of carbonyl (C=O) groups is 1. The molecular weight excluding hydrogens is 369 g/mol. The molecular formula is C17H14FN7O3. The predicted molar refractivity (Wildman–Crippen MR) is 98.4 cm³/mol. The molecule has 0 aliphatic rings. The number of nitrogens with zero attached hydrogens (tertiary/aromatic N) is 4. The Labute approximate surface area is 158 Å². The summed E-state index contributed by atoms with van der Waals surface area (Å²) in [5.41, 5.74) is 4.54. The number of halogens is 1. The van der Waals surface area contributed by atoms with E-state index in [4.69, 9.17) is 0 Å². The second-order valence-electron chi connectivity index (χ2n) is 5.53. The molecule has 11 heteroatoms. The summed E-state index contributed by atoms with van der Waals surface area (Å²) in [7, 11) is 0. The third-order valence-electron chi connectivity index (χ3n) is 3.66. The zero-order valence-electron chi connectivity index (χ0n) is 14.5. The molecule has 0 atom stereocenters. The minimum Gasteiger partial charge on any atom is -0.319 e. The van der Waals surface area contributed by atoms with E-state index >= 15 is 0 Å². The number of nitro groups is 1. The Morgan fingerprint density at radius 3 is 2.54 bits per heavy atom. The number of carbonyl (C=O) groups excluding carboxylic acids is 1. The Morgan fingerprint density at radius 2 is 1.82 bits per heavy atom. The largest absolute Gasteiger partial charge is 0.355 e. The molecule has 1 amide bonds. The summed E-state index contributed by atoms with van der Waals surface area (Å²) in [6.45, 7) is 1.77. The number of benzene rings is 1. The van der Waals surface area contributed by atoms with Crippen molar-refractivity contribution in [2.75, 3.05) is 10.7 Å². The summed E-state index contributed by atoms with van der Waals surface area (Å²) in [5.74, 6) is -1.57. The molecule has 2 heterocycles. The fraction of sp³-hybridized carbons (Fsp3) is 0.0588. The molecule has 0 radical (unpaired) electrons. The van der Waals surface area contributed by atoms with Crippen molar-refractivity contribution in [3.8, 4) is 0 Å². The third kappa shape index (κ3) is 3.98. The molecule has 0 saturated heterocycles. The minimum atomic E-state index is -0.818. The Kier molecular flexibility index (Phi) is 5.35. The van der Waals surface area contributed by atoms with Crippen LogP contribution in [-0.2, 0) is 0 Å². The van der Waals surface area contributed by atoms with Crippen LogP contribution >= 0.6 is 0 Å². The van der Waals surface area contributed by atoms with Gasteiger partial charge in [-0.1, -0.05) is 18.2 Å². The lowest BCUT2D eigenvalue weighted by atomic mass is 10.2. The van der Waals surface area contributed by atoms with E-state index < -0.39 is 22.3 Å². The first-order chi connectivity index (χ1) is 13.5. The number of anilines is 3. The molecule has 3 N–H and O–H groups in total. The van der Waals surface area contributed by atoms with Crippen LogP contribution in [0.1, 0.15) is 15.9 Å². The lowest BCUT2D eigenvalue weighted by molar-refractivity contribution is -0.383. The first-order valence-electron chi connectivity index (χ1n) is 7.96. The maximum Gasteiger partial charge on any atom is 0.355 e. The summed E-state index contributed by atoms with van der Waals surface area (Å²) < 4.78 is 13.7. The van der Waals surface area contributed by atoms with Gasteiger partial charge in [0.15, 0.2) is 0 Å². The zero-order chi connectivity index (χ0) is 20.1. The number of pyridine rings is 1. The van der Waals surface area contributed by atoms with E-state index in [-0.39, 0.29) is 17.2 Å². The van der Waals surface area contributed by atoms with Crippen LogP contribution in [0.2, 0.25) is 0 Å². The van der Waals surface area contributed by atoms with E-state index in [2.05, 4.69) is 31.1 Å². The van der Waals surface area contributed by atoms with Crippen LogP contribution in [0.15, 0.2) is 48.9 Å². The van der Waals surface area contributed by atoms with E-state index in [0.717, 1.165) is 18.0 Å². The van der Waals surface area contributed by atoms with Gasteiger partial charge in [0, 0.05) is 6.20 Å². The maximum absolute atomic E-state index is 13.7. The molecule has 0 aliphatic carbocycles. The smallest absolute Gasteiger partial charge is 0.319 e. The monoisotopic (exact) mass is 383 g/mol. The Balaban J connectivity index is 1.85. The van der Waals surface area contributed by atoms with Crippen LogP contribution in [0.5, 0.6) is 0 Å². The summed E-state index contributed by atoms with van der Waals surface area (Å²) in [4.78, 5) is 34.7. The fourth-order valence-corrected chi connectivity index (χ4v) is 2.29. The second-order valence-corrected chi connectivity index (χ2v) is 5.53. The number of hydrazine groups is 1. The van der Waals surface area contributed by atoms with Gasteiger partial charge in [-0.2, -0.15) is 0 Å². The first kappa shape index (κ1) is 18.6. The van der Waals surface area contributed by atoms with Gasteiger partial charge in [-0.3, -0.25) is 25.8 Å². The van der Waals surface area contributed by atoms with Gasteiger partial charge in [-0.05, 0) is 30.7 Å². The Bertz CT molecular complexity index is 1040. The number of hydrogen-bond acceptors (Lipinski definition) is 8. The Morgan fingerprint density at radius 1 is 1.07 bits per heavy atom. The van der Waals surface area contributed by atoms with Gasteiger partial charge in [-0.15, -0.1) is 0 Å². The van der Waals surface area contributed by atoms with Crippen molar-refractivity contribution in [2.24, 2.45) is 0 Å². The van der Waals surface area contributed by atoms with Crippen molar-refractivity contribution < 1.29 is 14.1 Å². The Hall–Kier alpha value is -4.15. The van der Waals surface area contributed by atoms with Gasteiger partial charge in [-0.25, -0.2) is 19.3 Å². The molecule has 0 unspecified atom stereocenters. The van der Waals surface area contributed by atoms with E-state index in [1.807, 2.05) is 0 Å². The number of hydrogen-bond donors (Lipinski definition) is 3. The van der Waals surface area contributed by atoms with Crippen molar-refractivity contribution in [2.45, 2.75) is 6.92 Å². The average Bonchev–Trinajstić information content (AvgIpc) is 2.68. The molecule has 2 aromatic heterocycles. The lowest BCUT2D eigenvalue weighted by Gasteiger charge is -2.11. The maximum atomic E-state index is 13.7. The predicted octanol–water partition coefficient (Wildman–Crippen LogP) is 2.73. The molecule has 3 aromatic rings. The van der Waals surface area contributed by atoms with Crippen LogP contribution in [0.4, 0.5) is 27.5 Å². The summed E-state index contributed by atoms with van der Waals surface area (Å²) in [5, 5.41) is 14.3. The molecule has 142 valence electrons. The van der Waals surface area contributed by atoms with Crippen molar-refractivity contribution in [3.63, 3.8) is 0 Å². The molecule has 0 aliphatic heterocycles. The van der Waals surface area contributed by atoms with E-state index in [1.165, 1.54) is 24.4 Å².